The summed E-state index contributed by atoms with van der Waals surface area (Å²) in [4.78, 5) is 21.3. The number of aromatic nitrogens is 1. The van der Waals surface area contributed by atoms with Crippen molar-refractivity contribution >= 4 is 45.2 Å². The Morgan fingerprint density at radius 2 is 1.54 bits per heavy atom. The molecule has 7 heteroatoms. The van der Waals surface area contributed by atoms with E-state index in [1.807, 2.05) is 93.0 Å². The number of benzene rings is 3. The predicted molar refractivity (Wildman–Crippen MR) is 154 cm³/mol. The zero-order valence-corrected chi connectivity index (χ0v) is 21.1. The molecule has 0 bridgehead atoms. The van der Waals surface area contributed by atoms with Gasteiger partial charge in [0.1, 0.15) is 0 Å². The summed E-state index contributed by atoms with van der Waals surface area (Å²) in [5.41, 5.74) is 6.23. The second-order valence-corrected chi connectivity index (χ2v) is 9.21. The van der Waals surface area contributed by atoms with Crippen LogP contribution in [-0.4, -0.2) is 43.0 Å². The van der Waals surface area contributed by atoms with Gasteiger partial charge in [-0.05, 0) is 84.9 Å². The van der Waals surface area contributed by atoms with E-state index in [2.05, 4.69) is 56.2 Å². The van der Waals surface area contributed by atoms with Crippen LogP contribution in [0.15, 0.2) is 104 Å². The van der Waals surface area contributed by atoms with Crippen molar-refractivity contribution < 1.29 is 4.79 Å². The third kappa shape index (κ3) is 5.73. The van der Waals surface area contributed by atoms with E-state index in [0.29, 0.717) is 5.56 Å². The van der Waals surface area contributed by atoms with Crippen LogP contribution in [0.1, 0.15) is 10.4 Å². The fourth-order valence-corrected chi connectivity index (χ4v) is 4.10. The molecule has 0 atom stereocenters. The molecule has 1 aromatic heterocycles. The maximum Gasteiger partial charge on any atom is 0.255 e. The lowest BCUT2D eigenvalue weighted by Gasteiger charge is -2.19. The molecule has 37 heavy (non-hydrogen) atoms. The molecule has 1 aliphatic rings. The molecule has 0 spiro atoms. The summed E-state index contributed by atoms with van der Waals surface area (Å²) in [5, 5.41) is 10.9. The number of hydrogen-bond acceptors (Lipinski definition) is 6. The van der Waals surface area contributed by atoms with E-state index >= 15 is 0 Å². The lowest BCUT2D eigenvalue weighted by Crippen LogP contribution is -2.19. The highest BCUT2D eigenvalue weighted by atomic mass is 16.1. The first-order valence-corrected chi connectivity index (χ1v) is 12.1. The molecule has 1 amide bonds. The monoisotopic (exact) mass is 490 g/mol. The summed E-state index contributed by atoms with van der Waals surface area (Å²) in [5.74, 6) is -0.150. The second-order valence-electron chi connectivity index (χ2n) is 9.21. The van der Waals surface area contributed by atoms with E-state index in [1.165, 1.54) is 0 Å². The van der Waals surface area contributed by atoms with E-state index in [1.54, 1.807) is 6.20 Å². The van der Waals surface area contributed by atoms with Gasteiger partial charge in [-0.1, -0.05) is 0 Å². The van der Waals surface area contributed by atoms with Crippen LogP contribution in [0.4, 0.5) is 28.4 Å². The van der Waals surface area contributed by atoms with Crippen molar-refractivity contribution in [3.05, 3.63) is 109 Å². The standard InChI is InChI=1S/C30H30N6O/c1-35(2)26-12-13-27-28(14-17-31-29(27)20-26)33-23-8-10-24(11-9-23)34-30(37)21-4-6-22(7-5-21)32-25-15-18-36(3)19-16-25/h4-20,25,32H,1-3H3,(H,31,33)(H,34,37). The van der Waals surface area contributed by atoms with Crippen LogP contribution in [0.3, 0.4) is 0 Å². The number of pyridine rings is 1. The van der Waals surface area contributed by atoms with Gasteiger partial charge in [0.15, 0.2) is 0 Å². The van der Waals surface area contributed by atoms with Crippen LogP contribution in [0.5, 0.6) is 0 Å². The number of carbonyl (C=O) groups excluding carboxylic acids is 1. The Hall–Kier alpha value is -4.78. The number of amides is 1. The van der Waals surface area contributed by atoms with Gasteiger partial charge in [-0.2, -0.15) is 0 Å². The quantitative estimate of drug-likeness (QED) is 0.293. The number of nitrogens with zero attached hydrogens (tertiary/aromatic N) is 3. The average Bonchev–Trinajstić information content (AvgIpc) is 2.91. The van der Waals surface area contributed by atoms with Crippen LogP contribution in [0, 0.1) is 0 Å². The van der Waals surface area contributed by atoms with Gasteiger partial charge in [0, 0.05) is 79.1 Å². The maximum atomic E-state index is 12.8. The minimum atomic E-state index is -0.150. The smallest absolute Gasteiger partial charge is 0.255 e. The zero-order chi connectivity index (χ0) is 25.8. The Bertz CT molecular complexity index is 1440. The zero-order valence-electron chi connectivity index (χ0n) is 21.1. The predicted octanol–water partition coefficient (Wildman–Crippen LogP) is 6.05. The molecule has 186 valence electrons. The Kier molecular flexibility index (Phi) is 6.76. The summed E-state index contributed by atoms with van der Waals surface area (Å²) in [6.07, 6.45) is 10.00. The molecular formula is C30H30N6O. The van der Waals surface area contributed by atoms with E-state index in [-0.39, 0.29) is 11.9 Å². The fourth-order valence-electron chi connectivity index (χ4n) is 4.10. The van der Waals surface area contributed by atoms with Gasteiger partial charge >= 0.3 is 0 Å². The van der Waals surface area contributed by atoms with Gasteiger partial charge in [0.25, 0.3) is 5.91 Å². The van der Waals surface area contributed by atoms with Gasteiger partial charge in [-0.15, -0.1) is 0 Å². The summed E-state index contributed by atoms with van der Waals surface area (Å²) < 4.78 is 0. The molecule has 2 heterocycles. The van der Waals surface area contributed by atoms with E-state index < -0.39 is 0 Å². The number of fused-ring (bicyclic) bond motifs is 1. The lowest BCUT2D eigenvalue weighted by atomic mass is 10.1. The average molecular weight is 491 g/mol. The van der Waals surface area contributed by atoms with Crippen LogP contribution in [0.2, 0.25) is 0 Å². The van der Waals surface area contributed by atoms with Gasteiger partial charge in [0.2, 0.25) is 0 Å². The number of carbonyl (C=O) groups is 1. The third-order valence-electron chi connectivity index (χ3n) is 6.20. The van der Waals surface area contributed by atoms with Crippen molar-refractivity contribution in [1.82, 2.24) is 9.88 Å². The molecule has 0 unspecified atom stereocenters. The molecule has 3 aromatic carbocycles. The number of rotatable bonds is 7. The Labute approximate surface area is 217 Å². The Balaban J connectivity index is 1.21. The minimum Gasteiger partial charge on any atom is -0.378 e. The third-order valence-corrected chi connectivity index (χ3v) is 6.20. The van der Waals surface area contributed by atoms with Crippen molar-refractivity contribution in [3.63, 3.8) is 0 Å². The molecular weight excluding hydrogens is 460 g/mol. The molecule has 0 fully saturated rings. The molecule has 3 N–H and O–H groups in total. The maximum absolute atomic E-state index is 12.8. The van der Waals surface area contributed by atoms with Gasteiger partial charge in [-0.3, -0.25) is 9.78 Å². The number of hydrogen-bond donors (Lipinski definition) is 3. The Morgan fingerprint density at radius 3 is 2.24 bits per heavy atom. The van der Waals surface area contributed by atoms with Crippen molar-refractivity contribution in [1.29, 1.82) is 0 Å². The van der Waals surface area contributed by atoms with Gasteiger partial charge in [-0.25, -0.2) is 0 Å². The first kappa shape index (κ1) is 23.9. The number of anilines is 5. The highest BCUT2D eigenvalue weighted by molar-refractivity contribution is 6.04. The lowest BCUT2D eigenvalue weighted by molar-refractivity contribution is 0.102. The van der Waals surface area contributed by atoms with Crippen molar-refractivity contribution in [2.24, 2.45) is 0 Å². The first-order valence-electron chi connectivity index (χ1n) is 12.1. The van der Waals surface area contributed by atoms with Gasteiger partial charge < -0.3 is 25.8 Å². The molecule has 0 radical (unpaired) electrons. The topological polar surface area (TPSA) is 72.5 Å². The van der Waals surface area contributed by atoms with Crippen LogP contribution in [0.25, 0.3) is 10.9 Å². The van der Waals surface area contributed by atoms with Crippen LogP contribution < -0.4 is 20.9 Å². The van der Waals surface area contributed by atoms with Crippen LogP contribution in [-0.2, 0) is 0 Å². The summed E-state index contributed by atoms with van der Waals surface area (Å²) in [6, 6.07) is 23.5. The molecule has 4 aromatic rings. The van der Waals surface area contributed by atoms with E-state index in [0.717, 1.165) is 39.3 Å². The van der Waals surface area contributed by atoms with E-state index in [4.69, 9.17) is 0 Å². The molecule has 1 aliphatic heterocycles. The van der Waals surface area contributed by atoms with Crippen LogP contribution >= 0.6 is 0 Å². The molecule has 0 aliphatic carbocycles. The number of nitrogens with one attached hydrogen (secondary N) is 3. The molecule has 0 saturated heterocycles. The molecule has 5 rings (SSSR count). The molecule has 0 saturated carbocycles. The fraction of sp³-hybridized carbons (Fsp3) is 0.133. The highest BCUT2D eigenvalue weighted by Crippen LogP contribution is 2.28. The van der Waals surface area contributed by atoms with Crippen molar-refractivity contribution in [2.75, 3.05) is 42.0 Å². The minimum absolute atomic E-state index is 0.128. The second kappa shape index (κ2) is 10.5. The van der Waals surface area contributed by atoms with Gasteiger partial charge in [0.05, 0.1) is 11.6 Å². The summed E-state index contributed by atoms with van der Waals surface area (Å²) >= 11 is 0. The molecule has 7 nitrogen and oxygen atoms in total. The largest absolute Gasteiger partial charge is 0.378 e. The highest BCUT2D eigenvalue weighted by Gasteiger charge is 2.09. The normalized spacial score (nSPS) is 13.0. The van der Waals surface area contributed by atoms with Crippen molar-refractivity contribution in [3.8, 4) is 0 Å². The SMILES string of the molecule is CN1C=CC(Nc2ccc(C(=O)Nc3ccc(Nc4ccnc5cc(N(C)C)ccc45)cc3)cc2)C=C1. The summed E-state index contributed by atoms with van der Waals surface area (Å²) in [6.45, 7) is 0. The van der Waals surface area contributed by atoms with E-state index in [9.17, 15) is 4.79 Å². The Morgan fingerprint density at radius 1 is 0.865 bits per heavy atom. The summed E-state index contributed by atoms with van der Waals surface area (Å²) in [7, 11) is 6.02. The van der Waals surface area contributed by atoms with Crippen molar-refractivity contribution in [2.45, 2.75) is 6.04 Å². The first-order chi connectivity index (χ1) is 17.9.